The summed E-state index contributed by atoms with van der Waals surface area (Å²) in [6, 6.07) is 25.6. The van der Waals surface area contributed by atoms with Gasteiger partial charge in [-0.05, 0) is 66.2 Å². The number of hydrogen-bond acceptors (Lipinski definition) is 6. The molecule has 4 aromatic rings. The van der Waals surface area contributed by atoms with E-state index in [0.717, 1.165) is 4.31 Å². The Bertz CT molecular complexity index is 1700. The predicted octanol–water partition coefficient (Wildman–Crippen LogP) is 6.01. The molecule has 216 valence electrons. The molecule has 4 aromatic carbocycles. The number of nitrogens with zero attached hydrogens (tertiary/aromatic N) is 2. The molecule has 0 saturated heterocycles. The predicted molar refractivity (Wildman–Crippen MR) is 165 cm³/mol. The first kappa shape index (κ1) is 30.9. The maximum absolute atomic E-state index is 13.4. The number of carbonyl (C=O) groups is 2. The SMILES string of the molecule is O=C(CN(c1cccc(Cl)c1Cl)S(=O)(=O)c1ccccc1)N/N=C\c1ccc(OCC(=O)Nc2ccccc2Cl)cc1. The van der Waals surface area contributed by atoms with Crippen molar-refractivity contribution in [3.8, 4) is 5.75 Å². The minimum absolute atomic E-state index is 0.0152. The second-order valence-corrected chi connectivity index (χ2v) is 11.6. The molecule has 0 heterocycles. The molecule has 0 radical (unpaired) electrons. The lowest BCUT2D eigenvalue weighted by Crippen LogP contribution is -2.39. The zero-order chi connectivity index (χ0) is 30.1. The molecular weight excluding hydrogens is 623 g/mol. The van der Waals surface area contributed by atoms with Gasteiger partial charge >= 0.3 is 0 Å². The smallest absolute Gasteiger partial charge is 0.264 e. The summed E-state index contributed by atoms with van der Waals surface area (Å²) in [5.41, 5.74) is 3.46. The standard InChI is InChI=1S/C29H23Cl3N4O5S/c30-23-9-4-5-11-25(23)34-28(38)19-41-21-15-13-20(14-16-21)17-33-35-27(37)18-36(26-12-6-10-24(31)29(26)32)42(39,40)22-7-2-1-3-8-22/h1-17H,18-19H2,(H,34,38)(H,35,37)/b33-17-. The molecule has 0 atom stereocenters. The quantitative estimate of drug-likeness (QED) is 0.153. The molecule has 0 saturated carbocycles. The average Bonchev–Trinajstić information content (AvgIpc) is 2.99. The van der Waals surface area contributed by atoms with Crippen LogP contribution in [-0.4, -0.2) is 39.6 Å². The van der Waals surface area contributed by atoms with Crippen LogP contribution in [0.4, 0.5) is 11.4 Å². The van der Waals surface area contributed by atoms with Gasteiger partial charge in [0.15, 0.2) is 6.61 Å². The van der Waals surface area contributed by atoms with E-state index in [1.54, 1.807) is 66.7 Å². The van der Waals surface area contributed by atoms with Gasteiger partial charge in [-0.3, -0.25) is 13.9 Å². The second kappa shape index (κ2) is 14.2. The van der Waals surface area contributed by atoms with Crippen molar-refractivity contribution < 1.29 is 22.7 Å². The molecular formula is C29H23Cl3N4O5S. The fourth-order valence-corrected chi connectivity index (χ4v) is 5.68. The minimum Gasteiger partial charge on any atom is -0.484 e. The molecule has 0 aliphatic heterocycles. The summed E-state index contributed by atoms with van der Waals surface area (Å²) in [4.78, 5) is 24.9. The minimum atomic E-state index is -4.17. The fourth-order valence-electron chi connectivity index (χ4n) is 3.60. The summed E-state index contributed by atoms with van der Waals surface area (Å²) >= 11 is 18.5. The van der Waals surface area contributed by atoms with Crippen LogP contribution in [0.15, 0.2) is 107 Å². The number of rotatable bonds is 11. The Morgan fingerprint density at radius 1 is 0.810 bits per heavy atom. The average molecular weight is 646 g/mol. The first-order chi connectivity index (χ1) is 20.1. The number of benzene rings is 4. The number of sulfonamides is 1. The molecule has 0 spiro atoms. The van der Waals surface area contributed by atoms with Crippen LogP contribution in [0, 0.1) is 0 Å². The Labute approximate surface area is 257 Å². The molecule has 4 rings (SSSR count). The van der Waals surface area contributed by atoms with E-state index in [4.69, 9.17) is 39.5 Å². The highest BCUT2D eigenvalue weighted by molar-refractivity contribution is 7.92. The molecule has 0 aliphatic rings. The van der Waals surface area contributed by atoms with Crippen LogP contribution in [0.25, 0.3) is 0 Å². The fraction of sp³-hybridized carbons (Fsp3) is 0.0690. The summed E-state index contributed by atoms with van der Waals surface area (Å²) in [5.74, 6) is -0.657. The van der Waals surface area contributed by atoms with Crippen molar-refractivity contribution in [1.82, 2.24) is 5.43 Å². The van der Waals surface area contributed by atoms with Crippen LogP contribution in [0.1, 0.15) is 5.56 Å². The van der Waals surface area contributed by atoms with Crippen LogP contribution in [0.5, 0.6) is 5.75 Å². The highest BCUT2D eigenvalue weighted by Gasteiger charge is 2.29. The van der Waals surface area contributed by atoms with E-state index in [0.29, 0.717) is 22.0 Å². The number of hydrazone groups is 1. The third kappa shape index (κ3) is 8.01. The second-order valence-electron chi connectivity index (χ2n) is 8.58. The third-order valence-corrected chi connectivity index (χ3v) is 8.53. The van der Waals surface area contributed by atoms with Crippen LogP contribution in [-0.2, 0) is 19.6 Å². The molecule has 0 unspecified atom stereocenters. The molecule has 42 heavy (non-hydrogen) atoms. The van der Waals surface area contributed by atoms with Crippen LogP contribution >= 0.6 is 34.8 Å². The van der Waals surface area contributed by atoms with Crippen LogP contribution in [0.3, 0.4) is 0 Å². The highest BCUT2D eigenvalue weighted by atomic mass is 35.5. The van der Waals surface area contributed by atoms with Gasteiger partial charge in [0, 0.05) is 0 Å². The van der Waals surface area contributed by atoms with Gasteiger partial charge < -0.3 is 10.1 Å². The Kier molecular flexibility index (Phi) is 10.4. The normalized spacial score (nSPS) is 11.2. The number of para-hydroxylation sites is 1. The van der Waals surface area contributed by atoms with E-state index in [1.165, 1.54) is 36.5 Å². The van der Waals surface area contributed by atoms with Crippen molar-refractivity contribution in [2.24, 2.45) is 5.10 Å². The zero-order valence-corrected chi connectivity index (χ0v) is 24.8. The molecule has 0 fully saturated rings. The topological polar surface area (TPSA) is 117 Å². The lowest BCUT2D eigenvalue weighted by Gasteiger charge is -2.24. The molecule has 0 bridgehead atoms. The first-order valence-electron chi connectivity index (χ1n) is 12.3. The number of anilines is 2. The van der Waals surface area contributed by atoms with E-state index in [2.05, 4.69) is 15.8 Å². The maximum atomic E-state index is 13.4. The molecule has 2 amide bonds. The number of amides is 2. The van der Waals surface area contributed by atoms with Crippen molar-refractivity contribution in [1.29, 1.82) is 0 Å². The lowest BCUT2D eigenvalue weighted by molar-refractivity contribution is -0.119. The van der Waals surface area contributed by atoms with E-state index < -0.39 is 22.5 Å². The van der Waals surface area contributed by atoms with Gasteiger partial charge in [0.1, 0.15) is 12.3 Å². The number of carbonyl (C=O) groups excluding carboxylic acids is 2. The molecule has 13 heteroatoms. The van der Waals surface area contributed by atoms with Gasteiger partial charge in [-0.2, -0.15) is 5.10 Å². The van der Waals surface area contributed by atoms with Gasteiger partial charge in [0.25, 0.3) is 21.8 Å². The Morgan fingerprint density at radius 2 is 1.48 bits per heavy atom. The van der Waals surface area contributed by atoms with E-state index in [9.17, 15) is 18.0 Å². The van der Waals surface area contributed by atoms with Gasteiger partial charge in [0.05, 0.1) is 37.6 Å². The van der Waals surface area contributed by atoms with Crippen molar-refractivity contribution in [2.75, 3.05) is 22.8 Å². The van der Waals surface area contributed by atoms with E-state index in [1.807, 2.05) is 0 Å². The first-order valence-corrected chi connectivity index (χ1v) is 14.8. The summed E-state index contributed by atoms with van der Waals surface area (Å²) in [5, 5.41) is 7.12. The van der Waals surface area contributed by atoms with Crippen LogP contribution in [0.2, 0.25) is 15.1 Å². The van der Waals surface area contributed by atoms with Crippen LogP contribution < -0.4 is 19.8 Å². The Hall–Kier alpha value is -4.09. The van der Waals surface area contributed by atoms with Crippen molar-refractivity contribution in [3.05, 3.63) is 118 Å². The number of nitrogens with one attached hydrogen (secondary N) is 2. The van der Waals surface area contributed by atoms with Crippen molar-refractivity contribution >= 4 is 74.2 Å². The van der Waals surface area contributed by atoms with Crippen molar-refractivity contribution in [2.45, 2.75) is 4.90 Å². The summed E-state index contributed by atoms with van der Waals surface area (Å²) in [7, 11) is -4.17. The third-order valence-electron chi connectivity index (χ3n) is 5.62. The lowest BCUT2D eigenvalue weighted by atomic mass is 10.2. The monoisotopic (exact) mass is 644 g/mol. The summed E-state index contributed by atoms with van der Waals surface area (Å²) in [6.07, 6.45) is 1.37. The van der Waals surface area contributed by atoms with Gasteiger partial charge in [-0.15, -0.1) is 0 Å². The van der Waals surface area contributed by atoms with Crippen molar-refractivity contribution in [3.63, 3.8) is 0 Å². The number of halogens is 3. The Morgan fingerprint density at radius 3 is 2.19 bits per heavy atom. The summed E-state index contributed by atoms with van der Waals surface area (Å²) in [6.45, 7) is -0.842. The van der Waals surface area contributed by atoms with E-state index >= 15 is 0 Å². The molecule has 9 nitrogen and oxygen atoms in total. The Balaban J connectivity index is 1.37. The van der Waals surface area contributed by atoms with Gasteiger partial charge in [0.2, 0.25) is 0 Å². The number of ether oxygens (including phenoxy) is 1. The van der Waals surface area contributed by atoms with Gasteiger partial charge in [-0.1, -0.05) is 71.2 Å². The highest BCUT2D eigenvalue weighted by Crippen LogP contribution is 2.35. The summed E-state index contributed by atoms with van der Waals surface area (Å²) < 4.78 is 33.2. The molecule has 2 N–H and O–H groups in total. The number of hydrogen-bond donors (Lipinski definition) is 2. The maximum Gasteiger partial charge on any atom is 0.264 e. The van der Waals surface area contributed by atoms with E-state index in [-0.39, 0.29) is 33.1 Å². The largest absolute Gasteiger partial charge is 0.484 e. The molecule has 0 aliphatic carbocycles. The van der Waals surface area contributed by atoms with Gasteiger partial charge in [-0.25, -0.2) is 13.8 Å². The zero-order valence-electron chi connectivity index (χ0n) is 21.7. The molecule has 0 aromatic heterocycles.